The Morgan fingerprint density at radius 1 is 1.00 bits per heavy atom. The van der Waals surface area contributed by atoms with Crippen LogP contribution in [0.3, 0.4) is 0 Å². The van der Waals surface area contributed by atoms with Crippen molar-refractivity contribution in [3.63, 3.8) is 0 Å². The van der Waals surface area contributed by atoms with Crippen molar-refractivity contribution in [2.75, 3.05) is 6.54 Å². The van der Waals surface area contributed by atoms with Crippen LogP contribution in [0.5, 0.6) is 5.75 Å². The number of aryl methyl sites for hydroxylation is 1. The Bertz CT molecular complexity index is 1450. The largest absolute Gasteiger partial charge is 0.508 e. The summed E-state index contributed by atoms with van der Waals surface area (Å²) >= 11 is 0. The number of amides is 1. The van der Waals surface area contributed by atoms with E-state index in [2.05, 4.69) is 4.98 Å². The molecule has 0 spiro atoms. The molecule has 0 saturated carbocycles. The number of carbonyl (C=O) groups excluding carboxylic acids is 2. The molecule has 1 aliphatic rings. The van der Waals surface area contributed by atoms with Crippen molar-refractivity contribution in [2.45, 2.75) is 25.8 Å². The topological polar surface area (TPSA) is 93.6 Å². The number of aromatic nitrogens is 1. The molecule has 0 bridgehead atoms. The number of ketones is 1. The van der Waals surface area contributed by atoms with Crippen LogP contribution in [-0.4, -0.2) is 38.3 Å². The standard InChI is InChI=1S/C29H26N2O4/c1-2-18-10-12-19(13-11-18)27(33)25-26(20-6-5-7-22(32)16-20)31(29(35)28(25)34)15-14-21-17-30-24-9-4-3-8-23(21)24/h3-13,16-17,26,30,32-33H,2,14-15H2,1H3/b27-25+. The number of benzene rings is 3. The molecule has 0 radical (unpaired) electrons. The van der Waals surface area contributed by atoms with Crippen molar-refractivity contribution >= 4 is 28.4 Å². The van der Waals surface area contributed by atoms with Crippen molar-refractivity contribution in [3.8, 4) is 5.75 Å². The van der Waals surface area contributed by atoms with E-state index < -0.39 is 17.7 Å². The highest BCUT2D eigenvalue weighted by Crippen LogP contribution is 2.40. The van der Waals surface area contributed by atoms with Crippen LogP contribution in [0, 0.1) is 0 Å². The summed E-state index contributed by atoms with van der Waals surface area (Å²) in [4.78, 5) is 31.2. The number of aliphatic hydroxyl groups excluding tert-OH is 1. The Balaban J connectivity index is 1.56. The Kier molecular flexibility index (Phi) is 5.87. The third kappa shape index (κ3) is 4.08. The highest BCUT2D eigenvalue weighted by atomic mass is 16.3. The first kappa shape index (κ1) is 22.5. The fourth-order valence-corrected chi connectivity index (χ4v) is 4.79. The SMILES string of the molecule is CCc1ccc(/C(O)=C2\C(=O)C(=O)N(CCc3c[nH]c4ccccc34)C2c2cccc(O)c2)cc1. The number of fused-ring (bicyclic) bond motifs is 1. The van der Waals surface area contributed by atoms with Gasteiger partial charge in [0.25, 0.3) is 11.7 Å². The number of likely N-dealkylation sites (tertiary alicyclic amines) is 1. The average Bonchev–Trinajstić information content (AvgIpc) is 3.40. The summed E-state index contributed by atoms with van der Waals surface area (Å²) in [6.07, 6.45) is 3.29. The number of aliphatic hydroxyl groups is 1. The number of phenolic OH excluding ortho intramolecular Hbond substituents is 1. The van der Waals surface area contributed by atoms with Gasteiger partial charge in [0.1, 0.15) is 11.5 Å². The second-order valence-electron chi connectivity index (χ2n) is 8.75. The monoisotopic (exact) mass is 466 g/mol. The molecule has 5 rings (SSSR count). The summed E-state index contributed by atoms with van der Waals surface area (Å²) in [6, 6.07) is 20.9. The summed E-state index contributed by atoms with van der Waals surface area (Å²) in [6.45, 7) is 2.31. The van der Waals surface area contributed by atoms with Crippen molar-refractivity contribution in [3.05, 3.63) is 107 Å². The van der Waals surface area contributed by atoms with Gasteiger partial charge in [0.15, 0.2) is 0 Å². The van der Waals surface area contributed by atoms with Crippen LogP contribution in [0.25, 0.3) is 16.7 Å². The molecule has 0 aliphatic carbocycles. The molecule has 6 heteroatoms. The summed E-state index contributed by atoms with van der Waals surface area (Å²) in [5.74, 6) is -1.58. The van der Waals surface area contributed by atoms with Gasteiger partial charge in [-0.15, -0.1) is 0 Å². The first-order valence-corrected chi connectivity index (χ1v) is 11.7. The number of carbonyl (C=O) groups is 2. The maximum atomic E-state index is 13.2. The number of aromatic amines is 1. The highest BCUT2D eigenvalue weighted by molar-refractivity contribution is 6.46. The number of nitrogens with zero attached hydrogens (tertiary/aromatic N) is 1. The highest BCUT2D eigenvalue weighted by Gasteiger charge is 2.46. The average molecular weight is 467 g/mol. The van der Waals surface area contributed by atoms with Crippen molar-refractivity contribution in [1.29, 1.82) is 0 Å². The minimum absolute atomic E-state index is 0.0250. The lowest BCUT2D eigenvalue weighted by atomic mass is 9.94. The molecule has 1 atom stereocenters. The zero-order chi connectivity index (χ0) is 24.5. The van der Waals surface area contributed by atoms with Crippen molar-refractivity contribution in [2.24, 2.45) is 0 Å². The quantitative estimate of drug-likeness (QED) is 0.209. The van der Waals surface area contributed by atoms with Gasteiger partial charge in [-0.1, -0.05) is 61.5 Å². The fourth-order valence-electron chi connectivity index (χ4n) is 4.79. The van der Waals surface area contributed by atoms with Crippen LogP contribution >= 0.6 is 0 Å². The second kappa shape index (κ2) is 9.14. The normalized spacial score (nSPS) is 17.4. The Labute approximate surface area is 203 Å². The third-order valence-corrected chi connectivity index (χ3v) is 6.66. The van der Waals surface area contributed by atoms with Crippen LogP contribution in [-0.2, 0) is 22.4 Å². The maximum Gasteiger partial charge on any atom is 0.295 e. The Hall–Kier alpha value is -4.32. The molecule has 3 N–H and O–H groups in total. The molecule has 3 aromatic carbocycles. The number of rotatable bonds is 6. The van der Waals surface area contributed by atoms with E-state index in [9.17, 15) is 19.8 Å². The van der Waals surface area contributed by atoms with Crippen molar-refractivity contribution in [1.82, 2.24) is 9.88 Å². The first-order chi connectivity index (χ1) is 17.0. The number of hydrogen-bond acceptors (Lipinski definition) is 4. The lowest BCUT2D eigenvalue weighted by Crippen LogP contribution is -2.31. The Morgan fingerprint density at radius 3 is 2.51 bits per heavy atom. The van der Waals surface area contributed by atoms with Gasteiger partial charge in [0.05, 0.1) is 11.6 Å². The lowest BCUT2D eigenvalue weighted by molar-refractivity contribution is -0.139. The molecule has 176 valence electrons. The molecule has 2 heterocycles. The van der Waals surface area contributed by atoms with E-state index in [0.29, 0.717) is 17.5 Å². The first-order valence-electron chi connectivity index (χ1n) is 11.7. The molecule has 1 aliphatic heterocycles. The summed E-state index contributed by atoms with van der Waals surface area (Å²) in [7, 11) is 0. The summed E-state index contributed by atoms with van der Waals surface area (Å²) in [5, 5.41) is 22.4. The van der Waals surface area contributed by atoms with Crippen LogP contribution in [0.1, 0.15) is 35.2 Å². The molecular weight excluding hydrogens is 440 g/mol. The van der Waals surface area contributed by atoms with Gasteiger partial charge in [-0.2, -0.15) is 0 Å². The molecular formula is C29H26N2O4. The predicted molar refractivity (Wildman–Crippen MR) is 135 cm³/mol. The number of Topliss-reactive ketones (excluding diaryl/α,β-unsaturated/α-hetero) is 1. The fraction of sp³-hybridized carbons (Fsp3) is 0.172. The van der Waals surface area contributed by atoms with Gasteiger partial charge in [-0.3, -0.25) is 9.59 Å². The number of H-pyrrole nitrogens is 1. The number of para-hydroxylation sites is 1. The zero-order valence-corrected chi connectivity index (χ0v) is 19.4. The Morgan fingerprint density at radius 2 is 1.77 bits per heavy atom. The molecule has 4 aromatic rings. The number of hydrogen-bond donors (Lipinski definition) is 3. The molecule has 1 unspecified atom stereocenters. The smallest absolute Gasteiger partial charge is 0.295 e. The molecule has 6 nitrogen and oxygen atoms in total. The second-order valence-corrected chi connectivity index (χ2v) is 8.75. The lowest BCUT2D eigenvalue weighted by Gasteiger charge is -2.25. The van der Waals surface area contributed by atoms with Gasteiger partial charge in [-0.25, -0.2) is 0 Å². The van der Waals surface area contributed by atoms with Gasteiger partial charge in [0, 0.05) is 29.2 Å². The minimum atomic E-state index is -0.807. The van der Waals surface area contributed by atoms with Crippen LogP contribution in [0.15, 0.2) is 84.6 Å². The molecule has 1 saturated heterocycles. The van der Waals surface area contributed by atoms with Gasteiger partial charge < -0.3 is 20.1 Å². The predicted octanol–water partition coefficient (Wildman–Crippen LogP) is 5.10. The van der Waals surface area contributed by atoms with Crippen molar-refractivity contribution < 1.29 is 19.8 Å². The van der Waals surface area contributed by atoms with Crippen LogP contribution < -0.4 is 0 Å². The van der Waals surface area contributed by atoms with E-state index in [1.165, 1.54) is 17.0 Å². The summed E-state index contributed by atoms with van der Waals surface area (Å²) in [5.41, 5.74) is 4.21. The third-order valence-electron chi connectivity index (χ3n) is 6.66. The van der Waals surface area contributed by atoms with Crippen LogP contribution in [0.4, 0.5) is 0 Å². The molecule has 1 fully saturated rings. The van der Waals surface area contributed by atoms with E-state index in [1.54, 1.807) is 24.3 Å². The summed E-state index contributed by atoms with van der Waals surface area (Å²) < 4.78 is 0. The van der Waals surface area contributed by atoms with E-state index >= 15 is 0 Å². The van der Waals surface area contributed by atoms with Crippen LogP contribution in [0.2, 0.25) is 0 Å². The van der Waals surface area contributed by atoms with E-state index in [4.69, 9.17) is 0 Å². The van der Waals surface area contributed by atoms with Gasteiger partial charge >= 0.3 is 0 Å². The minimum Gasteiger partial charge on any atom is -0.508 e. The maximum absolute atomic E-state index is 13.2. The van der Waals surface area contributed by atoms with Gasteiger partial charge in [-0.05, 0) is 47.7 Å². The zero-order valence-electron chi connectivity index (χ0n) is 19.4. The van der Waals surface area contributed by atoms with Gasteiger partial charge in [0.2, 0.25) is 0 Å². The molecule has 1 aromatic heterocycles. The number of aromatic hydroxyl groups is 1. The number of nitrogens with one attached hydrogen (secondary N) is 1. The molecule has 35 heavy (non-hydrogen) atoms. The van der Waals surface area contributed by atoms with E-state index in [-0.39, 0.29) is 23.6 Å². The number of phenols is 1. The molecule has 1 amide bonds. The van der Waals surface area contributed by atoms with E-state index in [1.807, 2.05) is 49.5 Å². The van der Waals surface area contributed by atoms with E-state index in [0.717, 1.165) is 28.5 Å².